The third kappa shape index (κ3) is 5.59. The minimum atomic E-state index is 0. The molecule has 0 aromatic rings. The number of terminal acetylenes is 1. The molecule has 1 unspecified atom stereocenters. The number of hydrogen-bond acceptors (Lipinski definition) is 0. The summed E-state index contributed by atoms with van der Waals surface area (Å²) in [5.41, 5.74) is 0. The van der Waals surface area contributed by atoms with Crippen LogP contribution in [0.5, 0.6) is 0 Å². The van der Waals surface area contributed by atoms with Crippen molar-refractivity contribution in [2.45, 2.75) is 72.6 Å². The first-order chi connectivity index (χ1) is 7.26. The Hall–Kier alpha value is -0.440. The van der Waals surface area contributed by atoms with Gasteiger partial charge < -0.3 is 0 Å². The second-order valence-electron chi connectivity index (χ2n) is 5.33. The van der Waals surface area contributed by atoms with Gasteiger partial charge in [-0.3, -0.25) is 0 Å². The van der Waals surface area contributed by atoms with E-state index in [1.807, 2.05) is 0 Å². The van der Waals surface area contributed by atoms with Crippen LogP contribution in [0.25, 0.3) is 0 Å². The molecule has 94 valence electrons. The van der Waals surface area contributed by atoms with Crippen LogP contribution >= 0.6 is 0 Å². The average molecular weight is 222 g/mol. The molecule has 0 heterocycles. The Morgan fingerprint density at radius 2 is 1.88 bits per heavy atom. The van der Waals surface area contributed by atoms with Crippen molar-refractivity contribution < 1.29 is 0 Å². The fourth-order valence-electron chi connectivity index (χ4n) is 2.58. The van der Waals surface area contributed by atoms with E-state index in [1.54, 1.807) is 0 Å². The van der Waals surface area contributed by atoms with E-state index in [2.05, 4.69) is 19.8 Å². The van der Waals surface area contributed by atoms with Gasteiger partial charge in [0, 0.05) is 5.92 Å². The highest BCUT2D eigenvalue weighted by Crippen LogP contribution is 2.31. The quantitative estimate of drug-likeness (QED) is 0.555. The molecule has 1 aliphatic rings. The number of hydrogen-bond donors (Lipinski definition) is 0. The molecule has 0 bridgehead atoms. The van der Waals surface area contributed by atoms with Crippen LogP contribution in [0.1, 0.15) is 72.6 Å². The maximum absolute atomic E-state index is 5.46. The van der Waals surface area contributed by atoms with Gasteiger partial charge in [-0.15, -0.1) is 12.3 Å². The minimum Gasteiger partial charge on any atom is -0.120 e. The summed E-state index contributed by atoms with van der Waals surface area (Å²) in [6, 6.07) is 0. The predicted octanol–water partition coefficient (Wildman–Crippen LogP) is 5.28. The average Bonchev–Trinajstić information content (AvgIpc) is 2.29. The van der Waals surface area contributed by atoms with Crippen LogP contribution in [0, 0.1) is 30.1 Å². The van der Waals surface area contributed by atoms with Crippen molar-refractivity contribution in [2.75, 3.05) is 0 Å². The first-order valence-corrected chi connectivity index (χ1v) is 6.72. The van der Waals surface area contributed by atoms with Gasteiger partial charge in [0.15, 0.2) is 0 Å². The van der Waals surface area contributed by atoms with E-state index < -0.39 is 0 Å². The van der Waals surface area contributed by atoms with Crippen molar-refractivity contribution in [3.63, 3.8) is 0 Å². The van der Waals surface area contributed by atoms with Crippen molar-refractivity contribution in [1.29, 1.82) is 0 Å². The van der Waals surface area contributed by atoms with E-state index in [0.29, 0.717) is 5.92 Å². The standard InChI is InChI=1S/C15H26.CH4/c1-4-13(3)7-6-8-15-11-9-14(5-2)10-12-15;/h2,13-15H,4,6-12H2,1,3H3;1H4. The molecule has 0 N–H and O–H groups in total. The molecule has 0 saturated heterocycles. The Kier molecular flexibility index (Phi) is 8.44. The van der Waals surface area contributed by atoms with Gasteiger partial charge in [0.25, 0.3) is 0 Å². The van der Waals surface area contributed by atoms with Crippen molar-refractivity contribution in [2.24, 2.45) is 17.8 Å². The Morgan fingerprint density at radius 1 is 1.25 bits per heavy atom. The maximum atomic E-state index is 5.46. The molecule has 0 heteroatoms. The van der Waals surface area contributed by atoms with E-state index >= 15 is 0 Å². The zero-order chi connectivity index (χ0) is 11.1. The SMILES string of the molecule is C.C#CC1CCC(CCCC(C)CC)CC1. The molecule has 0 nitrogen and oxygen atoms in total. The van der Waals surface area contributed by atoms with Gasteiger partial charge >= 0.3 is 0 Å². The van der Waals surface area contributed by atoms with E-state index in [4.69, 9.17) is 6.42 Å². The predicted molar refractivity (Wildman–Crippen MR) is 74.3 cm³/mol. The van der Waals surface area contributed by atoms with Crippen LogP contribution in [-0.4, -0.2) is 0 Å². The Balaban J connectivity index is 0.00000225. The summed E-state index contributed by atoms with van der Waals surface area (Å²) in [6.07, 6.45) is 16.4. The van der Waals surface area contributed by atoms with E-state index in [0.717, 1.165) is 11.8 Å². The molecule has 1 saturated carbocycles. The zero-order valence-electron chi connectivity index (χ0n) is 10.5. The summed E-state index contributed by atoms with van der Waals surface area (Å²) in [7, 11) is 0. The highest BCUT2D eigenvalue weighted by Gasteiger charge is 2.19. The third-order valence-electron chi connectivity index (χ3n) is 4.09. The Morgan fingerprint density at radius 3 is 2.38 bits per heavy atom. The lowest BCUT2D eigenvalue weighted by Gasteiger charge is -2.25. The molecule has 0 radical (unpaired) electrons. The lowest BCUT2D eigenvalue weighted by molar-refractivity contribution is 0.288. The topological polar surface area (TPSA) is 0 Å². The summed E-state index contributed by atoms with van der Waals surface area (Å²) >= 11 is 0. The highest BCUT2D eigenvalue weighted by atomic mass is 14.2. The van der Waals surface area contributed by atoms with Crippen molar-refractivity contribution in [1.82, 2.24) is 0 Å². The van der Waals surface area contributed by atoms with Gasteiger partial charge in [-0.2, -0.15) is 0 Å². The van der Waals surface area contributed by atoms with Crippen LogP contribution in [-0.2, 0) is 0 Å². The van der Waals surface area contributed by atoms with Crippen LogP contribution in [0.3, 0.4) is 0 Å². The van der Waals surface area contributed by atoms with Crippen molar-refractivity contribution >= 4 is 0 Å². The Labute approximate surface area is 103 Å². The van der Waals surface area contributed by atoms with Gasteiger partial charge in [-0.25, -0.2) is 0 Å². The lowest BCUT2D eigenvalue weighted by Crippen LogP contribution is -2.13. The molecule has 1 atom stereocenters. The molecule has 1 fully saturated rings. The smallest absolute Gasteiger partial charge is 0.0200 e. The molecule has 1 aliphatic carbocycles. The fraction of sp³-hybridized carbons (Fsp3) is 0.875. The molecule has 0 aromatic carbocycles. The molecular formula is C16H30. The van der Waals surface area contributed by atoms with Crippen molar-refractivity contribution in [3.05, 3.63) is 0 Å². The normalized spacial score (nSPS) is 26.6. The lowest BCUT2D eigenvalue weighted by atomic mass is 9.80. The van der Waals surface area contributed by atoms with E-state index in [9.17, 15) is 0 Å². The van der Waals surface area contributed by atoms with Gasteiger partial charge in [0.1, 0.15) is 0 Å². The number of rotatable bonds is 5. The molecule has 0 aromatic heterocycles. The largest absolute Gasteiger partial charge is 0.120 e. The van der Waals surface area contributed by atoms with E-state index in [1.165, 1.54) is 51.4 Å². The summed E-state index contributed by atoms with van der Waals surface area (Å²) < 4.78 is 0. The van der Waals surface area contributed by atoms with Gasteiger partial charge in [-0.05, 0) is 37.5 Å². The van der Waals surface area contributed by atoms with Crippen molar-refractivity contribution in [3.8, 4) is 12.3 Å². The van der Waals surface area contributed by atoms with E-state index in [-0.39, 0.29) is 7.43 Å². The second kappa shape index (κ2) is 8.68. The van der Waals surface area contributed by atoms with Crippen LogP contribution in [0.2, 0.25) is 0 Å². The monoisotopic (exact) mass is 222 g/mol. The fourth-order valence-corrected chi connectivity index (χ4v) is 2.58. The molecule has 16 heavy (non-hydrogen) atoms. The first-order valence-electron chi connectivity index (χ1n) is 6.72. The Bertz CT molecular complexity index is 191. The van der Waals surface area contributed by atoms with Crippen LogP contribution in [0.4, 0.5) is 0 Å². The third-order valence-corrected chi connectivity index (χ3v) is 4.09. The first kappa shape index (κ1) is 15.6. The molecule has 0 amide bonds. The molecule has 0 aliphatic heterocycles. The van der Waals surface area contributed by atoms with Gasteiger partial charge in [0.2, 0.25) is 0 Å². The molecule has 1 rings (SSSR count). The summed E-state index contributed by atoms with van der Waals surface area (Å²) in [5, 5.41) is 0. The maximum Gasteiger partial charge on any atom is 0.0200 e. The van der Waals surface area contributed by atoms with Crippen LogP contribution < -0.4 is 0 Å². The molecule has 0 spiro atoms. The molecular weight excluding hydrogens is 192 g/mol. The van der Waals surface area contributed by atoms with Gasteiger partial charge in [-0.1, -0.05) is 47.0 Å². The van der Waals surface area contributed by atoms with Crippen LogP contribution in [0.15, 0.2) is 0 Å². The summed E-state index contributed by atoms with van der Waals surface area (Å²) in [6.45, 7) is 4.66. The highest BCUT2D eigenvalue weighted by molar-refractivity contribution is 4.95. The minimum absolute atomic E-state index is 0. The zero-order valence-corrected chi connectivity index (χ0v) is 10.5. The second-order valence-corrected chi connectivity index (χ2v) is 5.33. The van der Waals surface area contributed by atoms with Gasteiger partial charge in [0.05, 0.1) is 0 Å². The summed E-state index contributed by atoms with van der Waals surface area (Å²) in [4.78, 5) is 0. The summed E-state index contributed by atoms with van der Waals surface area (Å²) in [5.74, 6) is 5.41.